The molecule has 0 radical (unpaired) electrons. The average Bonchev–Trinajstić information content (AvgIpc) is 3.26. The summed E-state index contributed by atoms with van der Waals surface area (Å²) in [6.45, 7) is 3.58. The quantitative estimate of drug-likeness (QED) is 0.745. The molecule has 1 saturated heterocycles. The van der Waals surface area contributed by atoms with Gasteiger partial charge in [-0.3, -0.25) is 9.59 Å². The molecule has 1 aromatic carbocycles. The number of amides is 2. The minimum atomic E-state index is -0.364. The first-order valence-electron chi connectivity index (χ1n) is 9.32. The van der Waals surface area contributed by atoms with E-state index in [1.54, 1.807) is 16.2 Å². The monoisotopic (exact) mass is 385 g/mol. The highest BCUT2D eigenvalue weighted by atomic mass is 32.1. The molecule has 5 nitrogen and oxygen atoms in total. The second kappa shape index (κ2) is 8.67. The zero-order valence-electron chi connectivity index (χ0n) is 16.1. The molecule has 1 aromatic heterocycles. The van der Waals surface area contributed by atoms with Crippen molar-refractivity contribution in [3.63, 3.8) is 0 Å². The number of carbonyl (C=O) groups excluding carboxylic acids is 2. The van der Waals surface area contributed by atoms with Crippen LogP contribution in [0.5, 0.6) is 0 Å². The van der Waals surface area contributed by atoms with Gasteiger partial charge in [-0.05, 0) is 57.6 Å². The van der Waals surface area contributed by atoms with Crippen LogP contribution in [-0.2, 0) is 9.59 Å². The maximum absolute atomic E-state index is 12.9. The molecule has 0 bridgehead atoms. The van der Waals surface area contributed by atoms with Gasteiger partial charge in [-0.25, -0.2) is 0 Å². The van der Waals surface area contributed by atoms with Gasteiger partial charge in [0.05, 0.1) is 12.0 Å². The van der Waals surface area contributed by atoms with E-state index in [4.69, 9.17) is 0 Å². The highest BCUT2D eigenvalue weighted by Crippen LogP contribution is 2.43. The van der Waals surface area contributed by atoms with Gasteiger partial charge in [-0.2, -0.15) is 0 Å². The molecule has 3 rings (SSSR count). The molecule has 1 aliphatic heterocycles. The van der Waals surface area contributed by atoms with Crippen LogP contribution in [0, 0.1) is 12.8 Å². The van der Waals surface area contributed by atoms with Crippen molar-refractivity contribution in [3.8, 4) is 0 Å². The molecule has 6 heteroatoms. The Balaban J connectivity index is 1.80. The molecule has 27 heavy (non-hydrogen) atoms. The van der Waals surface area contributed by atoms with Crippen molar-refractivity contribution < 1.29 is 9.59 Å². The minimum Gasteiger partial charge on any atom is -0.356 e. The van der Waals surface area contributed by atoms with E-state index in [1.807, 2.05) is 62.8 Å². The van der Waals surface area contributed by atoms with Crippen LogP contribution in [0.15, 0.2) is 41.8 Å². The third-order valence-electron chi connectivity index (χ3n) is 4.89. The molecule has 2 heterocycles. The number of nitrogens with one attached hydrogen (secondary N) is 1. The zero-order chi connectivity index (χ0) is 19.4. The summed E-state index contributed by atoms with van der Waals surface area (Å²) in [6, 6.07) is 11.7. The number of benzene rings is 1. The van der Waals surface area contributed by atoms with E-state index in [2.05, 4.69) is 10.2 Å². The molecule has 1 fully saturated rings. The molecule has 0 spiro atoms. The summed E-state index contributed by atoms with van der Waals surface area (Å²) >= 11 is 1.60. The topological polar surface area (TPSA) is 52.7 Å². The molecule has 0 saturated carbocycles. The maximum atomic E-state index is 12.9. The van der Waals surface area contributed by atoms with Crippen molar-refractivity contribution in [2.75, 3.05) is 32.1 Å². The number of thiophene rings is 1. The third kappa shape index (κ3) is 4.57. The predicted molar refractivity (Wildman–Crippen MR) is 110 cm³/mol. The maximum Gasteiger partial charge on any atom is 0.228 e. The Bertz CT molecular complexity index is 771. The molecule has 1 N–H and O–H groups in total. The Morgan fingerprint density at radius 3 is 2.63 bits per heavy atom. The lowest BCUT2D eigenvalue weighted by Crippen LogP contribution is -2.36. The van der Waals surface area contributed by atoms with Crippen LogP contribution < -0.4 is 10.2 Å². The number of aryl methyl sites for hydroxylation is 1. The van der Waals surface area contributed by atoms with Crippen molar-refractivity contribution in [2.24, 2.45) is 5.92 Å². The highest BCUT2D eigenvalue weighted by molar-refractivity contribution is 7.10. The third-order valence-corrected chi connectivity index (χ3v) is 5.83. The standard InChI is InChI=1S/C21H27N3O2S/c1-15-7-9-16(10-8-15)24-19(25)14-17(20(24)18-6-4-13-27-18)21(26)22-11-5-12-23(2)3/h4,6-10,13,17,20H,5,11-12,14H2,1-3H3,(H,22,26). The Hall–Kier alpha value is -2.18. The second-order valence-electron chi connectivity index (χ2n) is 7.32. The summed E-state index contributed by atoms with van der Waals surface area (Å²) < 4.78 is 0. The largest absolute Gasteiger partial charge is 0.356 e. The van der Waals surface area contributed by atoms with Gasteiger partial charge < -0.3 is 15.1 Å². The summed E-state index contributed by atoms with van der Waals surface area (Å²) in [5.74, 6) is -0.391. The van der Waals surface area contributed by atoms with Gasteiger partial charge in [0.2, 0.25) is 11.8 Å². The first-order chi connectivity index (χ1) is 13.0. The number of carbonyl (C=O) groups is 2. The second-order valence-corrected chi connectivity index (χ2v) is 8.30. The fourth-order valence-electron chi connectivity index (χ4n) is 3.50. The van der Waals surface area contributed by atoms with Gasteiger partial charge in [0, 0.05) is 23.5 Å². The smallest absolute Gasteiger partial charge is 0.228 e. The van der Waals surface area contributed by atoms with Crippen LogP contribution in [0.1, 0.15) is 29.3 Å². The van der Waals surface area contributed by atoms with Gasteiger partial charge in [-0.15, -0.1) is 11.3 Å². The summed E-state index contributed by atoms with van der Waals surface area (Å²) in [4.78, 5) is 30.7. The van der Waals surface area contributed by atoms with E-state index in [9.17, 15) is 9.59 Å². The van der Waals surface area contributed by atoms with Crippen molar-refractivity contribution >= 4 is 28.8 Å². The fraction of sp³-hybridized carbons (Fsp3) is 0.429. The lowest BCUT2D eigenvalue weighted by atomic mass is 9.97. The first-order valence-corrected chi connectivity index (χ1v) is 10.2. The molecule has 2 aromatic rings. The van der Waals surface area contributed by atoms with Crippen LogP contribution in [-0.4, -0.2) is 43.9 Å². The zero-order valence-corrected chi connectivity index (χ0v) is 17.0. The Morgan fingerprint density at radius 2 is 2.00 bits per heavy atom. The molecular formula is C21H27N3O2S. The molecule has 2 amide bonds. The summed E-state index contributed by atoms with van der Waals surface area (Å²) in [6.07, 6.45) is 1.14. The van der Waals surface area contributed by atoms with Gasteiger partial charge in [0.15, 0.2) is 0 Å². The van der Waals surface area contributed by atoms with E-state index >= 15 is 0 Å². The Kier molecular flexibility index (Phi) is 6.29. The molecule has 2 atom stereocenters. The van der Waals surface area contributed by atoms with Crippen LogP contribution in [0.3, 0.4) is 0 Å². The highest BCUT2D eigenvalue weighted by Gasteiger charge is 2.45. The number of hydrogen-bond acceptors (Lipinski definition) is 4. The first kappa shape index (κ1) is 19.6. The van der Waals surface area contributed by atoms with E-state index < -0.39 is 0 Å². The molecule has 2 unspecified atom stereocenters. The fourth-order valence-corrected chi connectivity index (χ4v) is 4.38. The van der Waals surface area contributed by atoms with Gasteiger partial charge in [-0.1, -0.05) is 23.8 Å². The summed E-state index contributed by atoms with van der Waals surface area (Å²) in [5.41, 5.74) is 2.00. The number of anilines is 1. The average molecular weight is 386 g/mol. The van der Waals surface area contributed by atoms with E-state index in [0.29, 0.717) is 6.54 Å². The van der Waals surface area contributed by atoms with Crippen molar-refractivity contribution in [1.29, 1.82) is 0 Å². The van der Waals surface area contributed by atoms with Gasteiger partial charge >= 0.3 is 0 Å². The van der Waals surface area contributed by atoms with Crippen molar-refractivity contribution in [2.45, 2.75) is 25.8 Å². The predicted octanol–water partition coefficient (Wildman–Crippen LogP) is 3.22. The van der Waals surface area contributed by atoms with E-state index in [-0.39, 0.29) is 30.2 Å². The van der Waals surface area contributed by atoms with E-state index in [1.165, 1.54) is 0 Å². The van der Waals surface area contributed by atoms with Crippen LogP contribution in [0.2, 0.25) is 0 Å². The van der Waals surface area contributed by atoms with Crippen molar-refractivity contribution in [1.82, 2.24) is 10.2 Å². The molecule has 144 valence electrons. The number of nitrogens with zero attached hydrogens (tertiary/aromatic N) is 2. The minimum absolute atomic E-state index is 0.00527. The SMILES string of the molecule is Cc1ccc(N2C(=O)CC(C(=O)NCCCN(C)C)C2c2cccs2)cc1. The Labute approximate surface area is 165 Å². The van der Waals surface area contributed by atoms with E-state index in [0.717, 1.165) is 29.1 Å². The van der Waals surface area contributed by atoms with Gasteiger partial charge in [0.1, 0.15) is 0 Å². The summed E-state index contributed by atoms with van der Waals surface area (Å²) in [7, 11) is 4.04. The molecule has 0 aliphatic carbocycles. The van der Waals surface area contributed by atoms with Crippen LogP contribution in [0.25, 0.3) is 0 Å². The Morgan fingerprint density at radius 1 is 1.26 bits per heavy atom. The van der Waals surface area contributed by atoms with Crippen molar-refractivity contribution in [3.05, 3.63) is 52.2 Å². The molecular weight excluding hydrogens is 358 g/mol. The lowest BCUT2D eigenvalue weighted by molar-refractivity contribution is -0.126. The number of hydrogen-bond donors (Lipinski definition) is 1. The summed E-state index contributed by atoms with van der Waals surface area (Å²) in [5, 5.41) is 5.03. The normalized spacial score (nSPS) is 19.7. The van der Waals surface area contributed by atoms with Crippen LogP contribution in [0.4, 0.5) is 5.69 Å². The number of rotatable bonds is 7. The molecule has 1 aliphatic rings. The van der Waals surface area contributed by atoms with Gasteiger partial charge in [0.25, 0.3) is 0 Å². The lowest BCUT2D eigenvalue weighted by Gasteiger charge is -2.27. The van der Waals surface area contributed by atoms with Crippen LogP contribution >= 0.6 is 11.3 Å².